The number of hydrogen-bond donors (Lipinski definition) is 1. The fourth-order valence-corrected chi connectivity index (χ4v) is 3.62. The average Bonchev–Trinajstić information content (AvgIpc) is 3.08. The van der Waals surface area contributed by atoms with Crippen LogP contribution in [-0.2, 0) is 6.54 Å². The van der Waals surface area contributed by atoms with Gasteiger partial charge < -0.3 is 14.8 Å². The maximum Gasteiger partial charge on any atom is 0.322 e. The van der Waals surface area contributed by atoms with Gasteiger partial charge in [0.2, 0.25) is 0 Å². The minimum atomic E-state index is -0.0735. The number of carbonyl (C=O) groups is 1. The zero-order chi connectivity index (χ0) is 18.3. The van der Waals surface area contributed by atoms with Crippen LogP contribution in [0, 0.1) is 13.8 Å². The van der Waals surface area contributed by atoms with Crippen molar-refractivity contribution in [3.63, 3.8) is 0 Å². The summed E-state index contributed by atoms with van der Waals surface area (Å²) in [4.78, 5) is 15.0. The number of carbonyl (C=O) groups excluding carboxylic acids is 1. The van der Waals surface area contributed by atoms with E-state index in [1.165, 1.54) is 0 Å². The van der Waals surface area contributed by atoms with Gasteiger partial charge in [0, 0.05) is 17.6 Å². The second kappa shape index (κ2) is 6.37. The number of benzene rings is 2. The number of nitrogens with zero attached hydrogens (tertiary/aromatic N) is 2. The van der Waals surface area contributed by atoms with Gasteiger partial charge in [-0.3, -0.25) is 0 Å². The van der Waals surface area contributed by atoms with Crippen LogP contribution in [0.2, 0.25) is 0 Å². The summed E-state index contributed by atoms with van der Waals surface area (Å²) in [5.41, 5.74) is 6.47. The smallest absolute Gasteiger partial charge is 0.318 e. The summed E-state index contributed by atoms with van der Waals surface area (Å²) >= 11 is 0. The lowest BCUT2D eigenvalue weighted by atomic mass is 10.1. The van der Waals surface area contributed by atoms with E-state index in [2.05, 4.69) is 47.3 Å². The minimum absolute atomic E-state index is 0.0254. The summed E-state index contributed by atoms with van der Waals surface area (Å²) in [6, 6.07) is 18.4. The maximum absolute atomic E-state index is 13.1. The third kappa shape index (κ3) is 2.77. The standard InChI is InChI=1S/C22H23N3O/c1-15-10-11-16(2)19(13-15)23-22(26)25-14-18-7-4-5-8-21(18)24-12-6-9-20(24)17(25)3/h4-13,17H,14H2,1-3H3,(H,23,26)/t17-/m0/s1. The van der Waals surface area contributed by atoms with Crippen LogP contribution in [0.25, 0.3) is 5.69 Å². The van der Waals surface area contributed by atoms with Crippen molar-refractivity contribution < 1.29 is 4.79 Å². The number of fused-ring (bicyclic) bond motifs is 3. The normalized spacial score (nSPS) is 15.8. The van der Waals surface area contributed by atoms with E-state index in [4.69, 9.17) is 0 Å². The molecule has 4 rings (SSSR count). The van der Waals surface area contributed by atoms with E-state index in [-0.39, 0.29) is 12.1 Å². The second-order valence-electron chi connectivity index (χ2n) is 6.98. The van der Waals surface area contributed by atoms with Gasteiger partial charge in [-0.15, -0.1) is 0 Å². The largest absolute Gasteiger partial charge is 0.322 e. The van der Waals surface area contributed by atoms with Crippen molar-refractivity contribution in [3.8, 4) is 5.69 Å². The highest BCUT2D eigenvalue weighted by atomic mass is 16.2. The molecule has 2 heterocycles. The highest BCUT2D eigenvalue weighted by molar-refractivity contribution is 5.90. The van der Waals surface area contributed by atoms with Gasteiger partial charge in [0.05, 0.1) is 18.3 Å². The fraction of sp³-hybridized carbons (Fsp3) is 0.227. The van der Waals surface area contributed by atoms with E-state index >= 15 is 0 Å². The first-order valence-electron chi connectivity index (χ1n) is 8.95. The summed E-state index contributed by atoms with van der Waals surface area (Å²) in [5, 5.41) is 3.11. The van der Waals surface area contributed by atoms with E-state index in [0.717, 1.165) is 33.8 Å². The fourth-order valence-electron chi connectivity index (χ4n) is 3.62. The van der Waals surface area contributed by atoms with E-state index in [0.29, 0.717) is 6.54 Å². The predicted molar refractivity (Wildman–Crippen MR) is 105 cm³/mol. The molecule has 0 aliphatic carbocycles. The third-order valence-electron chi connectivity index (χ3n) is 5.16. The molecule has 4 nitrogen and oxygen atoms in total. The Morgan fingerprint density at radius 2 is 1.88 bits per heavy atom. The van der Waals surface area contributed by atoms with Crippen LogP contribution < -0.4 is 5.32 Å². The summed E-state index contributed by atoms with van der Waals surface area (Å²) in [7, 11) is 0. The topological polar surface area (TPSA) is 37.3 Å². The highest BCUT2D eigenvalue weighted by Crippen LogP contribution is 2.32. The summed E-state index contributed by atoms with van der Waals surface area (Å²) in [6.45, 7) is 6.71. The number of nitrogens with one attached hydrogen (secondary N) is 1. The third-order valence-corrected chi connectivity index (χ3v) is 5.16. The molecule has 1 atom stereocenters. The van der Waals surface area contributed by atoms with Crippen LogP contribution >= 0.6 is 0 Å². The Kier molecular flexibility index (Phi) is 4.03. The Labute approximate surface area is 154 Å². The molecule has 0 radical (unpaired) electrons. The monoisotopic (exact) mass is 345 g/mol. The molecule has 4 heteroatoms. The Morgan fingerprint density at radius 1 is 1.08 bits per heavy atom. The van der Waals surface area contributed by atoms with Crippen LogP contribution in [0.3, 0.4) is 0 Å². The van der Waals surface area contributed by atoms with Gasteiger partial charge in [-0.2, -0.15) is 0 Å². The van der Waals surface area contributed by atoms with E-state index in [9.17, 15) is 4.79 Å². The molecule has 2 amide bonds. The molecule has 26 heavy (non-hydrogen) atoms. The Hall–Kier alpha value is -3.01. The Balaban J connectivity index is 1.71. The molecule has 0 fully saturated rings. The predicted octanol–water partition coefficient (Wildman–Crippen LogP) is 5.20. The number of anilines is 1. The molecular formula is C22H23N3O. The average molecular weight is 345 g/mol. The van der Waals surface area contributed by atoms with Gasteiger partial charge in [-0.1, -0.05) is 30.3 Å². The number of para-hydroxylation sites is 1. The molecule has 1 aromatic heterocycles. The van der Waals surface area contributed by atoms with Gasteiger partial charge in [0.25, 0.3) is 0 Å². The quantitative estimate of drug-likeness (QED) is 0.646. The van der Waals surface area contributed by atoms with E-state index in [1.807, 2.05) is 49.1 Å². The molecule has 132 valence electrons. The highest BCUT2D eigenvalue weighted by Gasteiger charge is 2.28. The van der Waals surface area contributed by atoms with Crippen molar-refractivity contribution in [3.05, 3.63) is 83.2 Å². The van der Waals surface area contributed by atoms with Crippen molar-refractivity contribution in [1.82, 2.24) is 9.47 Å². The molecule has 0 saturated carbocycles. The molecule has 0 spiro atoms. The van der Waals surface area contributed by atoms with Crippen molar-refractivity contribution >= 4 is 11.7 Å². The molecular weight excluding hydrogens is 322 g/mol. The van der Waals surface area contributed by atoms with Gasteiger partial charge in [-0.05, 0) is 61.7 Å². The summed E-state index contributed by atoms with van der Waals surface area (Å²) in [6.07, 6.45) is 2.07. The first kappa shape index (κ1) is 16.5. The number of urea groups is 1. The number of rotatable bonds is 1. The van der Waals surface area contributed by atoms with Crippen LogP contribution in [0.1, 0.15) is 35.3 Å². The second-order valence-corrected chi connectivity index (χ2v) is 6.98. The lowest BCUT2D eigenvalue weighted by Gasteiger charge is -2.28. The molecule has 0 unspecified atom stereocenters. The SMILES string of the molecule is Cc1ccc(C)c(NC(=O)N2Cc3ccccc3-n3cccc3[C@@H]2C)c1. The van der Waals surface area contributed by atoms with Crippen molar-refractivity contribution in [2.45, 2.75) is 33.4 Å². The maximum atomic E-state index is 13.1. The molecule has 1 aliphatic rings. The minimum Gasteiger partial charge on any atom is -0.318 e. The summed E-state index contributed by atoms with van der Waals surface area (Å²) < 4.78 is 2.19. The van der Waals surface area contributed by atoms with E-state index < -0.39 is 0 Å². The molecule has 1 aliphatic heterocycles. The van der Waals surface area contributed by atoms with Crippen LogP contribution in [0.5, 0.6) is 0 Å². The lowest BCUT2D eigenvalue weighted by Crippen LogP contribution is -2.36. The lowest BCUT2D eigenvalue weighted by molar-refractivity contribution is 0.189. The van der Waals surface area contributed by atoms with Crippen molar-refractivity contribution in [1.29, 1.82) is 0 Å². The molecule has 1 N–H and O–H groups in total. The Bertz CT molecular complexity index is 973. The zero-order valence-corrected chi connectivity index (χ0v) is 15.4. The van der Waals surface area contributed by atoms with Crippen molar-refractivity contribution in [2.24, 2.45) is 0 Å². The number of aromatic nitrogens is 1. The number of hydrogen-bond acceptors (Lipinski definition) is 1. The van der Waals surface area contributed by atoms with Crippen LogP contribution in [0.4, 0.5) is 10.5 Å². The number of aryl methyl sites for hydroxylation is 2. The number of amides is 2. The first-order chi connectivity index (χ1) is 12.5. The first-order valence-corrected chi connectivity index (χ1v) is 8.95. The zero-order valence-electron chi connectivity index (χ0n) is 15.4. The van der Waals surface area contributed by atoms with Crippen LogP contribution in [0.15, 0.2) is 60.8 Å². The molecule has 0 saturated heterocycles. The van der Waals surface area contributed by atoms with Crippen LogP contribution in [-0.4, -0.2) is 15.5 Å². The van der Waals surface area contributed by atoms with Crippen molar-refractivity contribution in [2.75, 3.05) is 5.32 Å². The summed E-state index contributed by atoms with van der Waals surface area (Å²) in [5.74, 6) is 0. The van der Waals surface area contributed by atoms with Gasteiger partial charge >= 0.3 is 6.03 Å². The molecule has 3 aromatic rings. The van der Waals surface area contributed by atoms with Gasteiger partial charge in [0.15, 0.2) is 0 Å². The molecule has 2 aromatic carbocycles. The van der Waals surface area contributed by atoms with Gasteiger partial charge in [-0.25, -0.2) is 4.79 Å². The van der Waals surface area contributed by atoms with E-state index in [1.54, 1.807) is 0 Å². The molecule has 0 bridgehead atoms. The van der Waals surface area contributed by atoms with Gasteiger partial charge in [0.1, 0.15) is 0 Å². The Morgan fingerprint density at radius 3 is 2.73 bits per heavy atom.